The lowest BCUT2D eigenvalue weighted by atomic mass is 10.3. The molecule has 0 atom stereocenters. The molecule has 20 heavy (non-hydrogen) atoms. The van der Waals surface area contributed by atoms with Crippen molar-refractivity contribution in [1.82, 2.24) is 19.4 Å². The van der Waals surface area contributed by atoms with Crippen molar-refractivity contribution in [2.24, 2.45) is 0 Å². The van der Waals surface area contributed by atoms with Gasteiger partial charge in [0.15, 0.2) is 0 Å². The molecule has 114 valence electrons. The minimum Gasteiger partial charge on any atom is -0.314 e. The van der Waals surface area contributed by atoms with E-state index in [1.54, 1.807) is 0 Å². The van der Waals surface area contributed by atoms with Crippen LogP contribution >= 0.6 is 0 Å². The highest BCUT2D eigenvalue weighted by Crippen LogP contribution is 2.24. The number of hydrogen-bond donors (Lipinski definition) is 2. The lowest BCUT2D eigenvalue weighted by Gasteiger charge is -2.26. The number of rotatable bonds is 4. The molecule has 7 nitrogen and oxygen atoms in total. The molecule has 8 heteroatoms. The quantitative estimate of drug-likeness (QED) is 0.855. The van der Waals surface area contributed by atoms with Crippen molar-refractivity contribution in [2.45, 2.75) is 33.7 Å². The van der Waals surface area contributed by atoms with E-state index in [-0.39, 0.29) is 6.04 Å². The van der Waals surface area contributed by atoms with Crippen LogP contribution in [-0.2, 0) is 10.2 Å². The van der Waals surface area contributed by atoms with Crippen LogP contribution in [0.1, 0.15) is 31.3 Å². The molecule has 2 N–H and O–H groups in total. The van der Waals surface area contributed by atoms with Crippen LogP contribution in [0.4, 0.5) is 5.69 Å². The number of anilines is 1. The highest BCUT2D eigenvalue weighted by Gasteiger charge is 2.26. The maximum Gasteiger partial charge on any atom is 0.301 e. The second-order valence-electron chi connectivity index (χ2n) is 5.34. The largest absolute Gasteiger partial charge is 0.314 e. The fourth-order valence-electron chi connectivity index (χ4n) is 2.39. The summed E-state index contributed by atoms with van der Waals surface area (Å²) in [5.41, 5.74) is 2.14. The lowest BCUT2D eigenvalue weighted by Crippen LogP contribution is -2.48. The SMILES string of the molecule is Cc1nn(C(C)C)c(C)c1NS(=O)(=O)N1CCNCC1. The molecule has 0 spiro atoms. The van der Waals surface area contributed by atoms with Crippen LogP contribution in [0, 0.1) is 13.8 Å². The molecule has 0 unspecified atom stereocenters. The van der Waals surface area contributed by atoms with Crippen LogP contribution in [-0.4, -0.2) is 48.7 Å². The van der Waals surface area contributed by atoms with Crippen molar-refractivity contribution in [1.29, 1.82) is 0 Å². The van der Waals surface area contributed by atoms with E-state index in [0.717, 1.165) is 5.69 Å². The van der Waals surface area contributed by atoms with Crippen molar-refractivity contribution in [3.63, 3.8) is 0 Å². The first-order valence-electron chi connectivity index (χ1n) is 6.87. The van der Waals surface area contributed by atoms with Crippen LogP contribution in [0.5, 0.6) is 0 Å². The highest BCUT2D eigenvalue weighted by molar-refractivity contribution is 7.90. The van der Waals surface area contributed by atoms with Gasteiger partial charge < -0.3 is 5.32 Å². The number of piperazine rings is 1. The monoisotopic (exact) mass is 301 g/mol. The van der Waals surface area contributed by atoms with E-state index in [1.807, 2.05) is 32.4 Å². The maximum atomic E-state index is 12.4. The van der Waals surface area contributed by atoms with Gasteiger partial charge in [0.2, 0.25) is 0 Å². The predicted octanol–water partition coefficient (Wildman–Crippen LogP) is 0.643. The zero-order valence-electron chi connectivity index (χ0n) is 12.5. The van der Waals surface area contributed by atoms with Crippen LogP contribution in [0.3, 0.4) is 0 Å². The van der Waals surface area contributed by atoms with Gasteiger partial charge in [0, 0.05) is 32.2 Å². The molecule has 2 rings (SSSR count). The molecule has 0 aromatic carbocycles. The van der Waals surface area contributed by atoms with Gasteiger partial charge in [0.05, 0.1) is 17.1 Å². The number of aromatic nitrogens is 2. The van der Waals surface area contributed by atoms with Crippen molar-refractivity contribution in [2.75, 3.05) is 30.9 Å². The number of nitrogens with one attached hydrogen (secondary N) is 2. The molecule has 1 aromatic rings. The summed E-state index contributed by atoms with van der Waals surface area (Å²) in [6.07, 6.45) is 0. The van der Waals surface area contributed by atoms with Crippen LogP contribution in [0.25, 0.3) is 0 Å². The Morgan fingerprint density at radius 1 is 1.25 bits per heavy atom. The van der Waals surface area contributed by atoms with E-state index < -0.39 is 10.2 Å². The number of hydrogen-bond acceptors (Lipinski definition) is 4. The second kappa shape index (κ2) is 5.71. The third-order valence-corrected chi connectivity index (χ3v) is 4.97. The van der Waals surface area contributed by atoms with Gasteiger partial charge >= 0.3 is 10.2 Å². The Morgan fingerprint density at radius 2 is 1.85 bits per heavy atom. The van der Waals surface area contributed by atoms with Crippen LogP contribution < -0.4 is 10.0 Å². The maximum absolute atomic E-state index is 12.4. The van der Waals surface area contributed by atoms with Crippen molar-refractivity contribution < 1.29 is 8.42 Å². The minimum atomic E-state index is -3.50. The Labute approximate surface area is 120 Å². The molecule has 1 saturated heterocycles. The summed E-state index contributed by atoms with van der Waals surface area (Å²) in [7, 11) is -3.50. The topological polar surface area (TPSA) is 79.3 Å². The molecule has 1 aliphatic rings. The van der Waals surface area contributed by atoms with Gasteiger partial charge in [-0.1, -0.05) is 0 Å². The lowest BCUT2D eigenvalue weighted by molar-refractivity contribution is 0.362. The van der Waals surface area contributed by atoms with E-state index in [2.05, 4.69) is 15.1 Å². The van der Waals surface area contributed by atoms with Gasteiger partial charge in [0.1, 0.15) is 0 Å². The van der Waals surface area contributed by atoms with Crippen molar-refractivity contribution in [3.8, 4) is 0 Å². The molecule has 2 heterocycles. The van der Waals surface area contributed by atoms with Gasteiger partial charge in [-0.25, -0.2) is 0 Å². The Hall–Kier alpha value is -1.12. The molecule has 1 aliphatic heterocycles. The smallest absolute Gasteiger partial charge is 0.301 e. The fourth-order valence-corrected chi connectivity index (χ4v) is 3.74. The first-order valence-corrected chi connectivity index (χ1v) is 8.31. The minimum absolute atomic E-state index is 0.200. The van der Waals surface area contributed by atoms with Crippen molar-refractivity contribution in [3.05, 3.63) is 11.4 Å². The molecular formula is C12H23N5O2S. The third kappa shape index (κ3) is 2.97. The molecular weight excluding hydrogens is 278 g/mol. The van der Waals surface area contributed by atoms with Crippen molar-refractivity contribution >= 4 is 15.9 Å². The van der Waals surface area contributed by atoms with E-state index in [9.17, 15) is 8.42 Å². The van der Waals surface area contributed by atoms with E-state index in [1.165, 1.54) is 4.31 Å². The molecule has 0 amide bonds. The summed E-state index contributed by atoms with van der Waals surface area (Å²) in [5, 5.41) is 7.54. The standard InChI is InChI=1S/C12H23N5O2S/c1-9(2)17-11(4)12(10(3)14-17)15-20(18,19)16-7-5-13-6-8-16/h9,13,15H,5-8H2,1-4H3. The first-order chi connectivity index (χ1) is 9.33. The molecule has 1 aromatic heterocycles. The molecule has 0 radical (unpaired) electrons. The summed E-state index contributed by atoms with van der Waals surface area (Å²) in [6.45, 7) is 10.1. The number of aryl methyl sites for hydroxylation is 1. The Morgan fingerprint density at radius 3 is 2.35 bits per heavy atom. The predicted molar refractivity (Wildman–Crippen MR) is 79.1 cm³/mol. The van der Waals surface area contributed by atoms with Crippen LogP contribution in [0.15, 0.2) is 0 Å². The van der Waals surface area contributed by atoms with Gasteiger partial charge in [-0.05, 0) is 27.7 Å². The summed E-state index contributed by atoms with van der Waals surface area (Å²) >= 11 is 0. The normalized spacial score (nSPS) is 17.6. The third-order valence-electron chi connectivity index (χ3n) is 3.46. The Bertz CT molecular complexity index is 573. The summed E-state index contributed by atoms with van der Waals surface area (Å²) in [4.78, 5) is 0. The molecule has 1 fully saturated rings. The van der Waals surface area contributed by atoms with Gasteiger partial charge in [-0.3, -0.25) is 9.40 Å². The zero-order chi connectivity index (χ0) is 14.9. The van der Waals surface area contributed by atoms with Gasteiger partial charge in [0.25, 0.3) is 0 Å². The summed E-state index contributed by atoms with van der Waals surface area (Å²) in [5.74, 6) is 0. The fraction of sp³-hybridized carbons (Fsp3) is 0.750. The van der Waals surface area contributed by atoms with E-state index >= 15 is 0 Å². The number of nitrogens with zero attached hydrogens (tertiary/aromatic N) is 3. The van der Waals surface area contributed by atoms with Gasteiger partial charge in [-0.15, -0.1) is 0 Å². The zero-order valence-corrected chi connectivity index (χ0v) is 13.3. The highest BCUT2D eigenvalue weighted by atomic mass is 32.2. The first kappa shape index (κ1) is 15.3. The van der Waals surface area contributed by atoms with E-state index in [0.29, 0.717) is 37.6 Å². The molecule has 0 aliphatic carbocycles. The molecule has 0 bridgehead atoms. The average molecular weight is 301 g/mol. The summed E-state index contributed by atoms with van der Waals surface area (Å²) < 4.78 is 30.8. The Balaban J connectivity index is 2.25. The summed E-state index contributed by atoms with van der Waals surface area (Å²) in [6, 6.07) is 0.200. The Kier molecular flexibility index (Phi) is 4.36. The average Bonchev–Trinajstić information content (AvgIpc) is 2.68. The van der Waals surface area contributed by atoms with Gasteiger partial charge in [-0.2, -0.15) is 17.8 Å². The molecule has 0 saturated carbocycles. The van der Waals surface area contributed by atoms with E-state index in [4.69, 9.17) is 0 Å². The van der Waals surface area contributed by atoms with Crippen LogP contribution in [0.2, 0.25) is 0 Å². The second-order valence-corrected chi connectivity index (χ2v) is 7.01.